The topological polar surface area (TPSA) is 52.0 Å². The van der Waals surface area contributed by atoms with E-state index in [9.17, 15) is 9.59 Å². The van der Waals surface area contributed by atoms with Crippen molar-refractivity contribution in [3.63, 3.8) is 0 Å². The summed E-state index contributed by atoms with van der Waals surface area (Å²) in [6.45, 7) is 0.450. The molecule has 5 heteroatoms. The highest BCUT2D eigenvalue weighted by Crippen LogP contribution is 2.32. The molecule has 0 aliphatic heterocycles. The summed E-state index contributed by atoms with van der Waals surface area (Å²) in [5.41, 5.74) is 0.639. The maximum atomic E-state index is 13.6. The van der Waals surface area contributed by atoms with E-state index >= 15 is 0 Å². The fourth-order valence-corrected chi connectivity index (χ4v) is 5.44. The molecule has 4 aromatic rings. The van der Waals surface area contributed by atoms with Crippen molar-refractivity contribution >= 4 is 31.6 Å². The predicted octanol–water partition coefficient (Wildman–Crippen LogP) is 5.07. The molecule has 0 radical (unpaired) electrons. The van der Waals surface area contributed by atoms with Crippen LogP contribution in [0.3, 0.4) is 0 Å². The Morgan fingerprint density at radius 2 is 1.66 bits per heavy atom. The Labute approximate surface area is 172 Å². The van der Waals surface area contributed by atoms with Gasteiger partial charge in [0, 0.05) is 16.0 Å². The molecule has 1 saturated carbocycles. The molecule has 0 bridgehead atoms. The van der Waals surface area contributed by atoms with E-state index < -0.39 is 0 Å². The van der Waals surface area contributed by atoms with E-state index in [4.69, 9.17) is 4.98 Å². The summed E-state index contributed by atoms with van der Waals surface area (Å²) in [7, 11) is 0. The fraction of sp³-hybridized carbons (Fsp3) is 0.292. The summed E-state index contributed by atoms with van der Waals surface area (Å²) in [5.74, 6) is 1.12. The Hall–Kier alpha value is -2.79. The summed E-state index contributed by atoms with van der Waals surface area (Å²) in [6.07, 6.45) is 5.67. The largest absolute Gasteiger partial charge is 0.291 e. The van der Waals surface area contributed by atoms with Crippen molar-refractivity contribution in [2.24, 2.45) is 0 Å². The van der Waals surface area contributed by atoms with Crippen LogP contribution in [0.1, 0.15) is 49.4 Å². The van der Waals surface area contributed by atoms with Crippen molar-refractivity contribution in [2.75, 3.05) is 0 Å². The van der Waals surface area contributed by atoms with E-state index in [0.29, 0.717) is 16.8 Å². The first-order chi connectivity index (χ1) is 14.2. The minimum absolute atomic E-state index is 0.202. The second-order valence-electron chi connectivity index (χ2n) is 7.79. The van der Waals surface area contributed by atoms with Crippen molar-refractivity contribution < 1.29 is 0 Å². The second-order valence-corrected chi connectivity index (χ2v) is 8.82. The first kappa shape index (κ1) is 18.3. The van der Waals surface area contributed by atoms with E-state index in [1.165, 1.54) is 17.8 Å². The number of hydrogen-bond donors (Lipinski definition) is 0. The van der Waals surface area contributed by atoms with Crippen LogP contribution >= 0.6 is 11.3 Å². The van der Waals surface area contributed by atoms with E-state index in [1.807, 2.05) is 48.5 Å². The third-order valence-electron chi connectivity index (χ3n) is 5.88. The molecule has 29 heavy (non-hydrogen) atoms. The van der Waals surface area contributed by atoms with Crippen LogP contribution in [0.4, 0.5) is 0 Å². The summed E-state index contributed by atoms with van der Waals surface area (Å²) in [6, 6.07) is 17.4. The summed E-state index contributed by atoms with van der Waals surface area (Å²) < 4.78 is 2.64. The van der Waals surface area contributed by atoms with Crippen molar-refractivity contribution in [3.05, 3.63) is 86.6 Å². The van der Waals surface area contributed by atoms with Crippen LogP contribution in [0, 0.1) is 0 Å². The minimum Gasteiger partial charge on any atom is -0.291 e. The van der Waals surface area contributed by atoms with E-state index in [1.54, 1.807) is 10.6 Å². The van der Waals surface area contributed by atoms with Crippen LogP contribution in [0.2, 0.25) is 0 Å². The average Bonchev–Trinajstić information content (AvgIpc) is 2.77. The first-order valence-electron chi connectivity index (χ1n) is 10.2. The minimum atomic E-state index is -0.205. The van der Waals surface area contributed by atoms with E-state index in [0.717, 1.165) is 41.8 Å². The lowest BCUT2D eigenvalue weighted by Gasteiger charge is -2.24. The Kier molecular flexibility index (Phi) is 4.76. The van der Waals surface area contributed by atoms with Crippen molar-refractivity contribution in [3.8, 4) is 0 Å². The molecule has 0 N–H and O–H groups in total. The summed E-state index contributed by atoms with van der Waals surface area (Å²) in [5, 5.41) is 0.824. The second kappa shape index (κ2) is 7.56. The van der Waals surface area contributed by atoms with Crippen molar-refractivity contribution in [1.29, 1.82) is 0 Å². The Bertz CT molecular complexity index is 1300. The summed E-state index contributed by atoms with van der Waals surface area (Å²) in [4.78, 5) is 32.3. The van der Waals surface area contributed by atoms with Gasteiger partial charge in [0.2, 0.25) is 5.43 Å². The van der Waals surface area contributed by atoms with Gasteiger partial charge in [0.1, 0.15) is 16.0 Å². The molecule has 1 aliphatic carbocycles. The van der Waals surface area contributed by atoms with Gasteiger partial charge in [-0.1, -0.05) is 61.7 Å². The molecule has 0 unspecified atom stereocenters. The monoisotopic (exact) mass is 402 g/mol. The highest BCUT2D eigenvalue weighted by atomic mass is 32.1. The molecule has 0 atom stereocenters. The van der Waals surface area contributed by atoms with Crippen LogP contribution in [0.25, 0.3) is 20.3 Å². The number of nitrogens with zero attached hydrogens (tertiary/aromatic N) is 2. The Balaban J connectivity index is 1.80. The molecular weight excluding hydrogens is 380 g/mol. The van der Waals surface area contributed by atoms with Gasteiger partial charge in [-0.25, -0.2) is 4.98 Å². The highest BCUT2D eigenvalue weighted by molar-refractivity contribution is 7.24. The number of rotatable bonds is 3. The van der Waals surface area contributed by atoms with Gasteiger partial charge in [0.15, 0.2) is 0 Å². The van der Waals surface area contributed by atoms with Gasteiger partial charge in [-0.15, -0.1) is 11.3 Å². The van der Waals surface area contributed by atoms with Crippen LogP contribution < -0.4 is 11.0 Å². The Morgan fingerprint density at radius 1 is 0.931 bits per heavy atom. The van der Waals surface area contributed by atoms with Crippen LogP contribution in [-0.2, 0) is 6.54 Å². The van der Waals surface area contributed by atoms with Gasteiger partial charge in [-0.05, 0) is 30.5 Å². The lowest BCUT2D eigenvalue weighted by molar-refractivity contribution is 0.413. The fourth-order valence-electron chi connectivity index (χ4n) is 4.39. The van der Waals surface area contributed by atoms with Gasteiger partial charge in [0.25, 0.3) is 5.56 Å². The third kappa shape index (κ3) is 3.29. The third-order valence-corrected chi connectivity index (χ3v) is 6.95. The summed E-state index contributed by atoms with van der Waals surface area (Å²) >= 11 is 1.45. The van der Waals surface area contributed by atoms with Gasteiger partial charge in [-0.3, -0.25) is 14.2 Å². The molecule has 2 heterocycles. The smallest absolute Gasteiger partial charge is 0.266 e. The normalized spacial score (nSPS) is 15.2. The maximum Gasteiger partial charge on any atom is 0.266 e. The lowest BCUT2D eigenvalue weighted by Crippen LogP contribution is -2.31. The first-order valence-corrected chi connectivity index (χ1v) is 11.0. The van der Waals surface area contributed by atoms with Gasteiger partial charge in [-0.2, -0.15) is 0 Å². The van der Waals surface area contributed by atoms with Crippen molar-refractivity contribution in [1.82, 2.24) is 9.55 Å². The van der Waals surface area contributed by atoms with Crippen molar-refractivity contribution in [2.45, 2.75) is 44.6 Å². The molecule has 4 nitrogen and oxygen atoms in total. The number of fused-ring (bicyclic) bond motifs is 2. The van der Waals surface area contributed by atoms with Gasteiger partial charge < -0.3 is 0 Å². The molecule has 0 saturated heterocycles. The molecule has 1 aliphatic rings. The molecule has 5 rings (SSSR count). The predicted molar refractivity (Wildman–Crippen MR) is 119 cm³/mol. The molecule has 0 spiro atoms. The number of hydrogen-bond acceptors (Lipinski definition) is 4. The molecule has 146 valence electrons. The Morgan fingerprint density at radius 3 is 2.45 bits per heavy atom. The molecule has 0 amide bonds. The highest BCUT2D eigenvalue weighted by Gasteiger charge is 2.24. The van der Waals surface area contributed by atoms with E-state index in [-0.39, 0.29) is 22.3 Å². The molecule has 1 fully saturated rings. The zero-order valence-electron chi connectivity index (χ0n) is 16.1. The zero-order valence-corrected chi connectivity index (χ0v) is 17.0. The standard InChI is InChI=1S/C24H22N2O2S/c27-21-18-13-7-8-14-19(18)29-23-20(21)24(28)26(15-16-9-3-1-4-10-16)22(25-23)17-11-5-2-6-12-17/h1,3-4,7-10,13-14,17H,2,5-6,11-12,15H2. The zero-order chi connectivity index (χ0) is 19.8. The molecule has 2 aromatic heterocycles. The number of benzene rings is 2. The quantitative estimate of drug-likeness (QED) is 0.450. The SMILES string of the molecule is O=c1c2ccccc2sc2nc(C3CCCCC3)n(Cc3ccccc3)c(=O)c12. The van der Waals surface area contributed by atoms with Gasteiger partial charge >= 0.3 is 0 Å². The lowest BCUT2D eigenvalue weighted by atomic mass is 9.88. The number of aromatic nitrogens is 2. The van der Waals surface area contributed by atoms with Gasteiger partial charge in [0.05, 0.1) is 6.54 Å². The van der Waals surface area contributed by atoms with E-state index in [2.05, 4.69) is 0 Å². The average molecular weight is 403 g/mol. The van der Waals surface area contributed by atoms with Crippen LogP contribution in [0.15, 0.2) is 64.2 Å². The van der Waals surface area contributed by atoms with Crippen LogP contribution in [-0.4, -0.2) is 9.55 Å². The molecular formula is C24H22N2O2S. The maximum absolute atomic E-state index is 13.6. The molecule has 2 aromatic carbocycles. The van der Waals surface area contributed by atoms with Crippen LogP contribution in [0.5, 0.6) is 0 Å².